The monoisotopic (exact) mass is 482 g/mol. The number of hydrogen-bond donors (Lipinski definition) is 1. The number of ether oxygens (including phenoxy) is 7. The summed E-state index contributed by atoms with van der Waals surface area (Å²) >= 11 is 4.06. The van der Waals surface area contributed by atoms with Gasteiger partial charge in [0.25, 0.3) is 0 Å². The largest absolute Gasteiger partial charge is 0.379 e. The maximum absolute atomic E-state index is 5.60. The molecule has 0 rings (SSSR count). The van der Waals surface area contributed by atoms with Gasteiger partial charge in [0.1, 0.15) is 0 Å². The van der Waals surface area contributed by atoms with E-state index in [9.17, 15) is 0 Å². The first-order valence-corrected chi connectivity index (χ1v) is 13.2. The molecule has 0 aliphatic rings. The van der Waals surface area contributed by atoms with Gasteiger partial charge in [0, 0.05) is 12.4 Å². The van der Waals surface area contributed by atoms with Crippen molar-refractivity contribution >= 4 is 12.6 Å². The van der Waals surface area contributed by atoms with E-state index in [4.69, 9.17) is 33.2 Å². The minimum atomic E-state index is 0.557. The zero-order chi connectivity index (χ0) is 23.2. The average molecular weight is 483 g/mol. The zero-order valence-corrected chi connectivity index (χ0v) is 21.5. The normalized spacial score (nSPS) is 11.4. The molecule has 0 spiro atoms. The summed E-state index contributed by atoms with van der Waals surface area (Å²) in [5, 5.41) is 0. The Labute approximate surface area is 202 Å². The minimum Gasteiger partial charge on any atom is -0.379 e. The van der Waals surface area contributed by atoms with Gasteiger partial charge in [-0.05, 0) is 6.42 Å². The molecule has 0 fully saturated rings. The Morgan fingerprint density at radius 3 is 0.969 bits per heavy atom. The highest BCUT2D eigenvalue weighted by Gasteiger charge is 1.95. The minimum absolute atomic E-state index is 0.557. The van der Waals surface area contributed by atoms with Crippen LogP contribution in [-0.2, 0) is 33.2 Å². The van der Waals surface area contributed by atoms with E-state index < -0.39 is 0 Å². The average Bonchev–Trinajstić information content (AvgIpc) is 2.81. The molecular weight excluding hydrogens is 432 g/mol. The number of unbranched alkanes of at least 4 members (excludes halogenated alkanes) is 7. The number of hydrogen-bond acceptors (Lipinski definition) is 8. The summed E-state index contributed by atoms with van der Waals surface area (Å²) in [6, 6.07) is 0. The molecule has 32 heavy (non-hydrogen) atoms. The molecule has 0 radical (unpaired) electrons. The molecular formula is C24H50O7S. The van der Waals surface area contributed by atoms with Gasteiger partial charge < -0.3 is 33.2 Å². The summed E-state index contributed by atoms with van der Waals surface area (Å²) < 4.78 is 38.1. The molecule has 0 N–H and O–H groups in total. The summed E-state index contributed by atoms with van der Waals surface area (Å²) in [4.78, 5) is 0. The van der Waals surface area contributed by atoms with Crippen molar-refractivity contribution in [1.82, 2.24) is 0 Å². The Hall–Kier alpha value is 0.0700. The molecule has 0 saturated heterocycles. The Morgan fingerprint density at radius 2 is 0.625 bits per heavy atom. The lowest BCUT2D eigenvalue weighted by Gasteiger charge is -2.08. The quantitative estimate of drug-likeness (QED) is 0.127. The van der Waals surface area contributed by atoms with Crippen molar-refractivity contribution in [3.8, 4) is 0 Å². The third kappa shape index (κ3) is 30.1. The standard InChI is InChI=1S/C24H50O7S/c1-2-3-4-5-6-7-8-9-10-25-11-12-26-13-14-27-15-16-28-17-18-29-19-20-30-21-22-31-23-24-32/h32H,2-24H2,1H3. The lowest BCUT2D eigenvalue weighted by atomic mass is 10.1. The number of rotatable bonds is 29. The van der Waals surface area contributed by atoms with Gasteiger partial charge in [-0.25, -0.2) is 0 Å². The smallest absolute Gasteiger partial charge is 0.0701 e. The molecule has 0 unspecified atom stereocenters. The Balaban J connectivity index is 2.98. The summed E-state index contributed by atoms with van der Waals surface area (Å²) in [7, 11) is 0. The molecule has 0 aliphatic carbocycles. The van der Waals surface area contributed by atoms with Crippen LogP contribution in [0.25, 0.3) is 0 Å². The second kappa shape index (κ2) is 31.1. The molecule has 194 valence electrons. The van der Waals surface area contributed by atoms with Crippen LogP contribution < -0.4 is 0 Å². The van der Waals surface area contributed by atoms with Crippen molar-refractivity contribution in [2.24, 2.45) is 0 Å². The van der Waals surface area contributed by atoms with Gasteiger partial charge in [-0.15, -0.1) is 0 Å². The Bertz CT molecular complexity index is 295. The highest BCUT2D eigenvalue weighted by molar-refractivity contribution is 7.80. The van der Waals surface area contributed by atoms with Gasteiger partial charge in [-0.2, -0.15) is 12.6 Å². The van der Waals surface area contributed by atoms with E-state index in [0.29, 0.717) is 85.9 Å². The Morgan fingerprint density at radius 1 is 0.344 bits per heavy atom. The number of thiol groups is 1. The fourth-order valence-electron chi connectivity index (χ4n) is 2.82. The van der Waals surface area contributed by atoms with Crippen molar-refractivity contribution in [3.05, 3.63) is 0 Å². The molecule has 7 nitrogen and oxygen atoms in total. The molecule has 0 heterocycles. The van der Waals surface area contributed by atoms with Gasteiger partial charge in [0.15, 0.2) is 0 Å². The van der Waals surface area contributed by atoms with Crippen LogP contribution >= 0.6 is 12.6 Å². The van der Waals surface area contributed by atoms with Gasteiger partial charge in [0.2, 0.25) is 0 Å². The first-order valence-electron chi connectivity index (χ1n) is 12.6. The molecule has 0 bridgehead atoms. The molecule has 0 amide bonds. The molecule has 0 atom stereocenters. The van der Waals surface area contributed by atoms with Crippen LogP contribution in [0.3, 0.4) is 0 Å². The van der Waals surface area contributed by atoms with E-state index >= 15 is 0 Å². The predicted octanol–water partition coefficient (Wildman–Crippen LogP) is 4.17. The molecule has 0 aromatic carbocycles. The lowest BCUT2D eigenvalue weighted by Crippen LogP contribution is -2.14. The van der Waals surface area contributed by atoms with E-state index in [1.165, 1.54) is 44.9 Å². The van der Waals surface area contributed by atoms with Crippen molar-refractivity contribution < 1.29 is 33.2 Å². The fourth-order valence-corrected chi connectivity index (χ4v) is 2.95. The van der Waals surface area contributed by atoms with E-state index in [-0.39, 0.29) is 0 Å². The van der Waals surface area contributed by atoms with E-state index in [2.05, 4.69) is 19.6 Å². The van der Waals surface area contributed by atoms with Crippen molar-refractivity contribution in [2.75, 3.05) is 98.2 Å². The summed E-state index contributed by atoms with van der Waals surface area (Å²) in [5.41, 5.74) is 0. The SMILES string of the molecule is CCCCCCCCCCOCCOCCOCCOCCOCCOCCOCCS. The highest BCUT2D eigenvalue weighted by atomic mass is 32.1. The Kier molecular flexibility index (Phi) is 31.1. The van der Waals surface area contributed by atoms with Gasteiger partial charge >= 0.3 is 0 Å². The lowest BCUT2D eigenvalue weighted by molar-refractivity contribution is -0.0201. The van der Waals surface area contributed by atoms with Gasteiger partial charge in [-0.1, -0.05) is 51.9 Å². The third-order valence-corrected chi connectivity index (χ3v) is 4.79. The van der Waals surface area contributed by atoms with Crippen LogP contribution in [-0.4, -0.2) is 98.2 Å². The van der Waals surface area contributed by atoms with Crippen LogP contribution in [0, 0.1) is 0 Å². The maximum Gasteiger partial charge on any atom is 0.0701 e. The second-order valence-electron chi connectivity index (χ2n) is 7.49. The van der Waals surface area contributed by atoms with Crippen LogP contribution in [0.1, 0.15) is 58.3 Å². The van der Waals surface area contributed by atoms with Crippen molar-refractivity contribution in [1.29, 1.82) is 0 Å². The van der Waals surface area contributed by atoms with Crippen molar-refractivity contribution in [3.63, 3.8) is 0 Å². The summed E-state index contributed by atoms with van der Waals surface area (Å²) in [6.45, 7) is 10.8. The first kappa shape index (κ1) is 32.1. The molecule has 0 aliphatic heterocycles. The van der Waals surface area contributed by atoms with Gasteiger partial charge in [0.05, 0.1) is 85.9 Å². The van der Waals surface area contributed by atoms with Crippen LogP contribution in [0.4, 0.5) is 0 Å². The third-order valence-electron chi connectivity index (χ3n) is 4.61. The van der Waals surface area contributed by atoms with E-state index in [0.717, 1.165) is 18.8 Å². The van der Waals surface area contributed by atoms with E-state index in [1.54, 1.807) is 0 Å². The highest BCUT2D eigenvalue weighted by Crippen LogP contribution is 2.08. The zero-order valence-electron chi connectivity index (χ0n) is 20.6. The summed E-state index contributed by atoms with van der Waals surface area (Å²) in [6.07, 6.45) is 10.6. The molecule has 8 heteroatoms. The van der Waals surface area contributed by atoms with Gasteiger partial charge in [-0.3, -0.25) is 0 Å². The summed E-state index contributed by atoms with van der Waals surface area (Å²) in [5.74, 6) is 0.733. The van der Waals surface area contributed by atoms with E-state index in [1.807, 2.05) is 0 Å². The van der Waals surface area contributed by atoms with Crippen LogP contribution in [0.5, 0.6) is 0 Å². The predicted molar refractivity (Wildman–Crippen MR) is 132 cm³/mol. The van der Waals surface area contributed by atoms with Crippen LogP contribution in [0.2, 0.25) is 0 Å². The second-order valence-corrected chi connectivity index (χ2v) is 7.93. The topological polar surface area (TPSA) is 64.6 Å². The fraction of sp³-hybridized carbons (Fsp3) is 1.00. The molecule has 0 saturated carbocycles. The van der Waals surface area contributed by atoms with Crippen LogP contribution in [0.15, 0.2) is 0 Å². The maximum atomic E-state index is 5.60. The molecule has 0 aromatic heterocycles. The first-order chi connectivity index (χ1) is 15.9. The van der Waals surface area contributed by atoms with Crippen molar-refractivity contribution in [2.45, 2.75) is 58.3 Å². The molecule has 0 aromatic rings.